The number of nitrogens with zero attached hydrogens (tertiary/aromatic N) is 2. The Labute approximate surface area is 70.6 Å². The van der Waals surface area contributed by atoms with Gasteiger partial charge < -0.3 is 4.90 Å². The zero-order valence-corrected chi connectivity index (χ0v) is 9.18. The van der Waals surface area contributed by atoms with Crippen molar-refractivity contribution in [2.45, 2.75) is 19.6 Å². The highest BCUT2D eigenvalue weighted by Gasteiger charge is 2.22. The first kappa shape index (κ1) is 10.4. The molecule has 0 N–H and O–H groups in total. The van der Waals surface area contributed by atoms with Crippen LogP contribution in [0.15, 0.2) is 17.8 Å². The van der Waals surface area contributed by atoms with Gasteiger partial charge >= 0.3 is 0 Å². The van der Waals surface area contributed by atoms with Gasteiger partial charge in [0, 0.05) is 20.3 Å². The van der Waals surface area contributed by atoms with Crippen LogP contribution >= 0.6 is 0 Å². The van der Waals surface area contributed by atoms with Crippen LogP contribution in [0.25, 0.3) is 0 Å². The van der Waals surface area contributed by atoms with Crippen molar-refractivity contribution in [2.24, 2.45) is 4.99 Å². The molecular weight excluding hydrogens is 152 g/mol. The van der Waals surface area contributed by atoms with Crippen molar-refractivity contribution in [3.63, 3.8) is 0 Å². The van der Waals surface area contributed by atoms with Crippen molar-refractivity contribution in [3.8, 4) is 0 Å². The molecule has 0 saturated carbocycles. The lowest BCUT2D eigenvalue weighted by Gasteiger charge is -2.25. The average Bonchev–Trinajstić information content (AvgIpc) is 1.79. The Morgan fingerprint density at radius 2 is 1.82 bits per heavy atom. The summed E-state index contributed by atoms with van der Waals surface area (Å²) in [5, 5.41) is 0. The fourth-order valence-corrected chi connectivity index (χ4v) is 2.89. The van der Waals surface area contributed by atoms with Crippen LogP contribution in [-0.4, -0.2) is 32.5 Å². The summed E-state index contributed by atoms with van der Waals surface area (Å²) in [7, 11) is 2.79. The molecule has 0 aliphatic rings. The summed E-state index contributed by atoms with van der Waals surface area (Å²) < 4.78 is 0. The molecule has 0 atom stereocenters. The van der Waals surface area contributed by atoms with E-state index in [-0.39, 0.29) is 0 Å². The van der Waals surface area contributed by atoms with Crippen molar-refractivity contribution >= 4 is 13.5 Å². The normalized spacial score (nSPS) is 13.0. The van der Waals surface area contributed by atoms with E-state index >= 15 is 0 Å². The van der Waals surface area contributed by atoms with E-state index in [9.17, 15) is 0 Å². The molecule has 0 unspecified atom stereocenters. The number of hydrogen-bond donors (Lipinski definition) is 0. The van der Waals surface area contributed by atoms with E-state index in [1.54, 1.807) is 6.20 Å². The number of amidine groups is 1. The number of rotatable bonds is 2. The highest BCUT2D eigenvalue weighted by molar-refractivity contribution is 7.04. The van der Waals surface area contributed by atoms with Gasteiger partial charge in [-0.05, 0) is 0 Å². The fourth-order valence-electron chi connectivity index (χ4n) is 1.07. The van der Waals surface area contributed by atoms with Crippen LogP contribution in [-0.2, 0) is 0 Å². The van der Waals surface area contributed by atoms with E-state index in [4.69, 9.17) is 0 Å². The molecule has 3 heteroatoms. The molecule has 0 aromatic rings. The maximum absolute atomic E-state index is 4.26. The van der Waals surface area contributed by atoms with Crippen molar-refractivity contribution in [3.05, 3.63) is 12.8 Å². The summed E-state index contributed by atoms with van der Waals surface area (Å²) in [5.74, 6) is 0. The first-order valence-corrected chi connectivity index (χ1v) is 7.26. The summed E-state index contributed by atoms with van der Waals surface area (Å²) in [4.78, 5) is 6.34. The quantitative estimate of drug-likeness (QED) is 0.351. The predicted molar refractivity (Wildman–Crippen MR) is 54.7 cm³/mol. The summed E-state index contributed by atoms with van der Waals surface area (Å²) in [6.45, 7) is 10.4. The Morgan fingerprint density at radius 1 is 1.36 bits per heavy atom. The van der Waals surface area contributed by atoms with Gasteiger partial charge in [-0.2, -0.15) is 0 Å². The topological polar surface area (TPSA) is 15.6 Å². The van der Waals surface area contributed by atoms with Crippen molar-refractivity contribution in [1.82, 2.24) is 4.90 Å². The third-order valence-corrected chi connectivity index (χ3v) is 3.23. The van der Waals surface area contributed by atoms with E-state index in [1.807, 2.05) is 14.1 Å². The smallest absolute Gasteiger partial charge is 0.122 e. The van der Waals surface area contributed by atoms with Gasteiger partial charge in [0.05, 0.1) is 5.46 Å². The molecule has 0 aromatic heterocycles. The van der Waals surface area contributed by atoms with Crippen LogP contribution in [0.1, 0.15) is 0 Å². The summed E-state index contributed by atoms with van der Waals surface area (Å²) >= 11 is 0. The van der Waals surface area contributed by atoms with Gasteiger partial charge in [-0.3, -0.25) is 0 Å². The third-order valence-electron chi connectivity index (χ3n) is 1.31. The number of hydrogen-bond acceptors (Lipinski definition) is 1. The highest BCUT2D eigenvalue weighted by atomic mass is 28.3. The first-order chi connectivity index (χ1) is 4.89. The molecule has 0 aliphatic heterocycles. The van der Waals surface area contributed by atoms with E-state index in [1.165, 1.54) is 5.46 Å². The Balaban J connectivity index is 4.62. The van der Waals surface area contributed by atoms with Crippen molar-refractivity contribution in [2.75, 3.05) is 14.1 Å². The molecule has 0 aliphatic carbocycles. The lowest BCUT2D eigenvalue weighted by molar-refractivity contribution is 0.631. The van der Waals surface area contributed by atoms with E-state index < -0.39 is 8.07 Å². The van der Waals surface area contributed by atoms with E-state index in [0.29, 0.717) is 0 Å². The first-order valence-electron chi connectivity index (χ1n) is 3.76. The van der Waals surface area contributed by atoms with Gasteiger partial charge in [-0.1, -0.05) is 26.2 Å². The van der Waals surface area contributed by atoms with Crippen LogP contribution in [0, 0.1) is 0 Å². The van der Waals surface area contributed by atoms with Crippen LogP contribution in [0.5, 0.6) is 0 Å². The van der Waals surface area contributed by atoms with Gasteiger partial charge in [0.15, 0.2) is 0 Å². The molecule has 0 bridgehead atoms. The van der Waals surface area contributed by atoms with Gasteiger partial charge in [0.2, 0.25) is 0 Å². The summed E-state index contributed by atoms with van der Waals surface area (Å²) in [6, 6.07) is 0. The molecule has 11 heavy (non-hydrogen) atoms. The lowest BCUT2D eigenvalue weighted by Crippen LogP contribution is -2.43. The zero-order valence-electron chi connectivity index (χ0n) is 8.18. The summed E-state index contributed by atoms with van der Waals surface area (Å²) in [6.07, 6.45) is 1.62. The van der Waals surface area contributed by atoms with E-state index in [0.717, 1.165) is 0 Å². The van der Waals surface area contributed by atoms with Gasteiger partial charge in [-0.15, -0.1) is 0 Å². The van der Waals surface area contributed by atoms with Crippen LogP contribution in [0.2, 0.25) is 19.6 Å². The molecule has 0 saturated heterocycles. The van der Waals surface area contributed by atoms with Gasteiger partial charge in [-0.25, -0.2) is 4.99 Å². The van der Waals surface area contributed by atoms with Crippen molar-refractivity contribution in [1.29, 1.82) is 0 Å². The molecular formula is C8H18N2Si. The highest BCUT2D eigenvalue weighted by Crippen LogP contribution is 2.06. The Kier molecular flexibility index (Phi) is 3.52. The average molecular weight is 170 g/mol. The predicted octanol–water partition coefficient (Wildman–Crippen LogP) is 1.97. The maximum atomic E-state index is 4.26. The molecule has 0 fully saturated rings. The monoisotopic (exact) mass is 170 g/mol. The van der Waals surface area contributed by atoms with Crippen LogP contribution in [0.4, 0.5) is 0 Å². The second kappa shape index (κ2) is 3.71. The fraction of sp³-hybridized carbons (Fsp3) is 0.625. The molecule has 0 rings (SSSR count). The molecule has 0 aromatic carbocycles. The maximum Gasteiger partial charge on any atom is 0.122 e. The molecule has 64 valence electrons. The van der Waals surface area contributed by atoms with Crippen molar-refractivity contribution < 1.29 is 0 Å². The standard InChI is InChI=1S/C8H18N2Si/c1-7-9-8(10(2)3)11(4,5)6/h7H,1H2,2-6H3. The van der Waals surface area contributed by atoms with Crippen LogP contribution < -0.4 is 0 Å². The zero-order chi connectivity index (χ0) is 9.07. The molecule has 0 radical (unpaired) electrons. The van der Waals surface area contributed by atoms with Gasteiger partial charge in [0.25, 0.3) is 0 Å². The van der Waals surface area contributed by atoms with E-state index in [2.05, 4.69) is 36.1 Å². The molecule has 2 nitrogen and oxygen atoms in total. The SMILES string of the molecule is C=CN=C(N(C)C)[Si](C)(C)C. The second-order valence-electron chi connectivity index (χ2n) is 3.78. The third kappa shape index (κ3) is 3.37. The second-order valence-corrected chi connectivity index (χ2v) is 8.73. The lowest BCUT2D eigenvalue weighted by atomic mass is 10.9. The molecule has 0 amide bonds. The Hall–Kier alpha value is -0.573. The number of aliphatic imine (C=N–C) groups is 1. The molecule has 0 heterocycles. The summed E-state index contributed by atoms with van der Waals surface area (Å²) in [5.41, 5.74) is 1.19. The Bertz CT molecular complexity index is 165. The minimum Gasteiger partial charge on any atom is -0.370 e. The van der Waals surface area contributed by atoms with Gasteiger partial charge in [0.1, 0.15) is 8.07 Å². The minimum atomic E-state index is -1.27. The molecule has 0 spiro atoms. The largest absolute Gasteiger partial charge is 0.370 e. The van der Waals surface area contributed by atoms with Crippen LogP contribution in [0.3, 0.4) is 0 Å². The Morgan fingerprint density at radius 3 is 1.91 bits per heavy atom. The minimum absolute atomic E-state index is 1.19.